The van der Waals surface area contributed by atoms with Gasteiger partial charge in [-0.3, -0.25) is 4.79 Å². The number of nitrogens with one attached hydrogen (secondary N) is 1. The lowest BCUT2D eigenvalue weighted by molar-refractivity contribution is 0.0957. The van der Waals surface area contributed by atoms with Gasteiger partial charge >= 0.3 is 0 Å². The normalized spacial score (nSPS) is 10.8. The number of nitrogens with two attached hydrogens (primary N) is 1. The second-order valence-corrected chi connectivity index (χ2v) is 5.40. The van der Waals surface area contributed by atoms with Crippen LogP contribution >= 0.6 is 11.3 Å². The molecule has 7 heteroatoms. The van der Waals surface area contributed by atoms with Crippen molar-refractivity contribution in [1.82, 2.24) is 15.5 Å². The first-order valence-electron chi connectivity index (χ1n) is 6.51. The summed E-state index contributed by atoms with van der Waals surface area (Å²) in [6.07, 6.45) is 4.54. The van der Waals surface area contributed by atoms with Crippen LogP contribution in [0.25, 0.3) is 10.2 Å². The number of hydrogen-bond acceptors (Lipinski definition) is 6. The molecule has 6 nitrogen and oxygen atoms in total. The molecule has 0 bridgehead atoms. The molecule has 2 aromatic rings. The number of carbonyl (C=O) groups is 1. The van der Waals surface area contributed by atoms with Crippen molar-refractivity contribution in [1.29, 1.82) is 0 Å². The van der Waals surface area contributed by atoms with Crippen LogP contribution in [0.2, 0.25) is 0 Å². The maximum Gasteiger partial charge on any atom is 0.263 e. The van der Waals surface area contributed by atoms with E-state index in [0.717, 1.165) is 31.3 Å². The highest BCUT2D eigenvalue weighted by Gasteiger charge is 2.16. The molecule has 0 fully saturated rings. The zero-order chi connectivity index (χ0) is 14.4. The quantitative estimate of drug-likeness (QED) is 0.760. The molecule has 0 radical (unpaired) electrons. The summed E-state index contributed by atoms with van der Waals surface area (Å²) in [7, 11) is 1.69. The van der Waals surface area contributed by atoms with Crippen molar-refractivity contribution in [3.63, 3.8) is 0 Å². The van der Waals surface area contributed by atoms with Gasteiger partial charge in [0.1, 0.15) is 9.71 Å². The van der Waals surface area contributed by atoms with Gasteiger partial charge in [0.05, 0.1) is 11.9 Å². The number of anilines is 1. The molecule has 1 amide bonds. The topological polar surface area (TPSA) is 90.1 Å². The molecule has 20 heavy (non-hydrogen) atoms. The van der Waals surface area contributed by atoms with E-state index in [1.165, 1.54) is 11.3 Å². The number of carbonyl (C=O) groups excluding carboxylic acids is 1. The van der Waals surface area contributed by atoms with E-state index < -0.39 is 0 Å². The van der Waals surface area contributed by atoms with E-state index in [0.29, 0.717) is 21.9 Å². The van der Waals surface area contributed by atoms with Gasteiger partial charge in [-0.1, -0.05) is 0 Å². The molecule has 0 spiro atoms. The first-order valence-corrected chi connectivity index (χ1v) is 7.32. The SMILES string of the molecule is COCCCCCNC(=O)c1sc2nnccc2c1N. The smallest absolute Gasteiger partial charge is 0.263 e. The Balaban J connectivity index is 1.89. The van der Waals surface area contributed by atoms with E-state index in [1.807, 2.05) is 0 Å². The van der Waals surface area contributed by atoms with Gasteiger partial charge in [-0.2, -0.15) is 5.10 Å². The largest absolute Gasteiger partial charge is 0.397 e. The molecule has 0 aliphatic rings. The summed E-state index contributed by atoms with van der Waals surface area (Å²) in [5.74, 6) is -0.141. The maximum absolute atomic E-state index is 12.1. The van der Waals surface area contributed by atoms with Crippen molar-refractivity contribution in [2.75, 3.05) is 26.0 Å². The van der Waals surface area contributed by atoms with Crippen molar-refractivity contribution in [2.24, 2.45) is 0 Å². The molecule has 2 heterocycles. The van der Waals surface area contributed by atoms with Gasteiger partial charge < -0.3 is 15.8 Å². The summed E-state index contributed by atoms with van der Waals surface area (Å²) in [5.41, 5.74) is 6.46. The summed E-state index contributed by atoms with van der Waals surface area (Å²) >= 11 is 1.27. The molecule has 0 saturated heterocycles. The van der Waals surface area contributed by atoms with E-state index >= 15 is 0 Å². The number of fused-ring (bicyclic) bond motifs is 1. The Bertz CT molecular complexity index is 585. The summed E-state index contributed by atoms with van der Waals surface area (Å²) < 4.78 is 4.97. The lowest BCUT2D eigenvalue weighted by atomic mass is 10.2. The summed E-state index contributed by atoms with van der Waals surface area (Å²) in [6, 6.07) is 1.77. The zero-order valence-corrected chi connectivity index (χ0v) is 12.2. The second kappa shape index (κ2) is 7.16. The number of unbranched alkanes of at least 4 members (excludes halogenated alkanes) is 2. The summed E-state index contributed by atoms with van der Waals surface area (Å²) in [4.78, 5) is 13.3. The van der Waals surface area contributed by atoms with Crippen LogP contribution in [0.4, 0.5) is 5.69 Å². The van der Waals surface area contributed by atoms with Crippen LogP contribution in [-0.4, -0.2) is 36.4 Å². The van der Waals surface area contributed by atoms with Crippen molar-refractivity contribution in [3.05, 3.63) is 17.1 Å². The Labute approximate surface area is 121 Å². The van der Waals surface area contributed by atoms with Crippen molar-refractivity contribution >= 4 is 33.1 Å². The van der Waals surface area contributed by atoms with Crippen LogP contribution < -0.4 is 11.1 Å². The summed E-state index contributed by atoms with van der Waals surface area (Å²) in [6.45, 7) is 1.40. The Morgan fingerprint density at radius 1 is 1.45 bits per heavy atom. The highest BCUT2D eigenvalue weighted by molar-refractivity contribution is 7.21. The molecule has 0 aromatic carbocycles. The van der Waals surface area contributed by atoms with Crippen LogP contribution in [0.5, 0.6) is 0 Å². The van der Waals surface area contributed by atoms with Gasteiger partial charge in [0.15, 0.2) is 0 Å². The predicted octanol–water partition coefficient (Wildman–Crippen LogP) is 1.82. The highest BCUT2D eigenvalue weighted by atomic mass is 32.1. The highest BCUT2D eigenvalue weighted by Crippen LogP contribution is 2.31. The fraction of sp³-hybridized carbons (Fsp3) is 0.462. The Kier molecular flexibility index (Phi) is 5.25. The number of nitrogen functional groups attached to an aromatic ring is 1. The minimum absolute atomic E-state index is 0.141. The van der Waals surface area contributed by atoms with Crippen LogP contribution in [0, 0.1) is 0 Å². The lowest BCUT2D eigenvalue weighted by Gasteiger charge is -2.04. The van der Waals surface area contributed by atoms with E-state index in [-0.39, 0.29) is 5.91 Å². The van der Waals surface area contributed by atoms with Crippen molar-refractivity contribution in [2.45, 2.75) is 19.3 Å². The molecular formula is C13H18N4O2S. The lowest BCUT2D eigenvalue weighted by Crippen LogP contribution is -2.24. The van der Waals surface area contributed by atoms with Crippen molar-refractivity contribution < 1.29 is 9.53 Å². The van der Waals surface area contributed by atoms with E-state index in [2.05, 4.69) is 15.5 Å². The van der Waals surface area contributed by atoms with Gasteiger partial charge in [0, 0.05) is 25.6 Å². The molecule has 108 valence electrons. The Morgan fingerprint density at radius 3 is 3.05 bits per heavy atom. The molecule has 0 atom stereocenters. The van der Waals surface area contributed by atoms with Crippen LogP contribution in [0.1, 0.15) is 28.9 Å². The van der Waals surface area contributed by atoms with Crippen LogP contribution in [-0.2, 0) is 4.74 Å². The molecule has 3 N–H and O–H groups in total. The van der Waals surface area contributed by atoms with Crippen molar-refractivity contribution in [3.8, 4) is 0 Å². The molecule has 0 unspecified atom stereocenters. The van der Waals surface area contributed by atoms with Gasteiger partial charge in [-0.05, 0) is 25.3 Å². The first-order chi connectivity index (χ1) is 9.74. The fourth-order valence-electron chi connectivity index (χ4n) is 1.87. The number of amides is 1. The number of hydrogen-bond donors (Lipinski definition) is 2. The number of aromatic nitrogens is 2. The third-order valence-electron chi connectivity index (χ3n) is 2.94. The summed E-state index contributed by atoms with van der Waals surface area (Å²) in [5, 5.41) is 11.4. The Hall–Kier alpha value is -1.73. The number of nitrogens with zero attached hydrogens (tertiary/aromatic N) is 2. The minimum Gasteiger partial charge on any atom is -0.397 e. The van der Waals surface area contributed by atoms with Crippen LogP contribution in [0.3, 0.4) is 0 Å². The monoisotopic (exact) mass is 294 g/mol. The Morgan fingerprint density at radius 2 is 2.30 bits per heavy atom. The average Bonchev–Trinajstić information content (AvgIpc) is 2.80. The predicted molar refractivity (Wildman–Crippen MR) is 79.9 cm³/mol. The molecule has 0 aliphatic carbocycles. The van der Waals surface area contributed by atoms with E-state index in [4.69, 9.17) is 10.5 Å². The average molecular weight is 294 g/mol. The van der Waals surface area contributed by atoms with Gasteiger partial charge in [0.25, 0.3) is 5.91 Å². The van der Waals surface area contributed by atoms with Gasteiger partial charge in [0.2, 0.25) is 0 Å². The second-order valence-electron chi connectivity index (χ2n) is 4.40. The third kappa shape index (κ3) is 3.43. The molecule has 2 aromatic heterocycles. The number of rotatable bonds is 7. The minimum atomic E-state index is -0.141. The van der Waals surface area contributed by atoms with E-state index in [1.54, 1.807) is 19.4 Å². The van der Waals surface area contributed by atoms with Crippen LogP contribution in [0.15, 0.2) is 12.3 Å². The fourth-order valence-corrected chi connectivity index (χ4v) is 2.83. The molecule has 0 saturated carbocycles. The van der Waals surface area contributed by atoms with E-state index in [9.17, 15) is 4.79 Å². The number of ether oxygens (including phenoxy) is 1. The molecular weight excluding hydrogens is 276 g/mol. The molecule has 0 aliphatic heterocycles. The third-order valence-corrected chi connectivity index (χ3v) is 4.04. The zero-order valence-electron chi connectivity index (χ0n) is 11.4. The maximum atomic E-state index is 12.1. The molecule has 2 rings (SSSR count). The number of thiophene rings is 1. The standard InChI is InChI=1S/C13H18N4O2S/c1-19-8-4-2-3-6-15-12(18)11-10(14)9-5-7-16-17-13(9)20-11/h5,7H,2-4,6,8,14H2,1H3,(H,15,18). The number of methoxy groups -OCH3 is 1. The first kappa shape index (κ1) is 14.7. The van der Waals surface area contributed by atoms with Gasteiger partial charge in [-0.25, -0.2) is 0 Å². The van der Waals surface area contributed by atoms with Gasteiger partial charge in [-0.15, -0.1) is 16.4 Å².